The van der Waals surface area contributed by atoms with Crippen molar-refractivity contribution in [2.75, 3.05) is 19.7 Å². The standard InChI is InChI=1S/C14H30N2O/c1-6-11(3)15-8-12(4)16-9-13(5)17-10-14(16)7-2/h11-15H,6-10H2,1-5H3. The molecule has 0 aromatic carbocycles. The van der Waals surface area contributed by atoms with Gasteiger partial charge >= 0.3 is 0 Å². The second-order valence-electron chi connectivity index (χ2n) is 5.47. The molecule has 0 amide bonds. The maximum atomic E-state index is 5.75. The number of nitrogens with one attached hydrogen (secondary N) is 1. The zero-order valence-corrected chi connectivity index (χ0v) is 12.2. The molecule has 4 atom stereocenters. The number of nitrogens with zero attached hydrogens (tertiary/aromatic N) is 1. The van der Waals surface area contributed by atoms with Gasteiger partial charge in [-0.15, -0.1) is 0 Å². The maximum absolute atomic E-state index is 5.75. The Kier molecular flexibility index (Phi) is 6.45. The summed E-state index contributed by atoms with van der Waals surface area (Å²) < 4.78 is 5.75. The number of rotatable bonds is 6. The predicted octanol–water partition coefficient (Wildman–Crippen LogP) is 2.26. The Balaban J connectivity index is 2.43. The Morgan fingerprint density at radius 2 is 2.06 bits per heavy atom. The van der Waals surface area contributed by atoms with E-state index >= 15 is 0 Å². The van der Waals surface area contributed by atoms with Gasteiger partial charge < -0.3 is 10.1 Å². The SMILES string of the molecule is CCC(C)NCC(C)N1CC(C)OCC1CC. The second-order valence-corrected chi connectivity index (χ2v) is 5.47. The summed E-state index contributed by atoms with van der Waals surface area (Å²) in [5.74, 6) is 0. The monoisotopic (exact) mass is 242 g/mol. The summed E-state index contributed by atoms with van der Waals surface area (Å²) in [6.07, 6.45) is 2.76. The van der Waals surface area contributed by atoms with Gasteiger partial charge in [-0.1, -0.05) is 13.8 Å². The van der Waals surface area contributed by atoms with E-state index in [0.29, 0.717) is 24.2 Å². The molecule has 1 aliphatic heterocycles. The van der Waals surface area contributed by atoms with Crippen molar-refractivity contribution in [1.29, 1.82) is 0 Å². The van der Waals surface area contributed by atoms with Gasteiger partial charge in [0.25, 0.3) is 0 Å². The summed E-state index contributed by atoms with van der Waals surface area (Å²) >= 11 is 0. The molecule has 0 aromatic heterocycles. The Morgan fingerprint density at radius 1 is 1.35 bits per heavy atom. The second kappa shape index (κ2) is 7.34. The summed E-state index contributed by atoms with van der Waals surface area (Å²) in [5.41, 5.74) is 0. The van der Waals surface area contributed by atoms with Gasteiger partial charge in [-0.05, 0) is 33.6 Å². The predicted molar refractivity (Wildman–Crippen MR) is 73.4 cm³/mol. The van der Waals surface area contributed by atoms with Crippen molar-refractivity contribution in [2.24, 2.45) is 0 Å². The minimum absolute atomic E-state index is 0.379. The first kappa shape index (κ1) is 14.9. The lowest BCUT2D eigenvalue weighted by molar-refractivity contribution is -0.0696. The topological polar surface area (TPSA) is 24.5 Å². The van der Waals surface area contributed by atoms with Crippen LogP contribution in [0, 0.1) is 0 Å². The number of morpholine rings is 1. The summed E-state index contributed by atoms with van der Waals surface area (Å²) in [5, 5.41) is 3.61. The molecule has 0 radical (unpaired) electrons. The highest BCUT2D eigenvalue weighted by Crippen LogP contribution is 2.17. The van der Waals surface area contributed by atoms with Gasteiger partial charge in [-0.3, -0.25) is 4.90 Å². The van der Waals surface area contributed by atoms with Gasteiger partial charge in [-0.25, -0.2) is 0 Å². The van der Waals surface area contributed by atoms with Crippen LogP contribution in [0.3, 0.4) is 0 Å². The fourth-order valence-electron chi connectivity index (χ4n) is 2.40. The highest BCUT2D eigenvalue weighted by Gasteiger charge is 2.28. The molecule has 0 spiro atoms. The largest absolute Gasteiger partial charge is 0.376 e. The van der Waals surface area contributed by atoms with Crippen LogP contribution in [-0.2, 0) is 4.74 Å². The Hall–Kier alpha value is -0.120. The van der Waals surface area contributed by atoms with Crippen molar-refractivity contribution in [2.45, 2.75) is 71.7 Å². The molecule has 0 bridgehead atoms. The van der Waals surface area contributed by atoms with Crippen molar-refractivity contribution in [1.82, 2.24) is 10.2 Å². The molecule has 1 fully saturated rings. The van der Waals surface area contributed by atoms with E-state index in [1.165, 1.54) is 12.8 Å². The van der Waals surface area contributed by atoms with E-state index in [9.17, 15) is 0 Å². The molecule has 0 saturated carbocycles. The van der Waals surface area contributed by atoms with E-state index in [1.807, 2.05) is 0 Å². The van der Waals surface area contributed by atoms with Crippen LogP contribution in [0.4, 0.5) is 0 Å². The summed E-state index contributed by atoms with van der Waals surface area (Å²) in [6, 6.07) is 1.82. The van der Waals surface area contributed by atoms with Gasteiger partial charge in [0.15, 0.2) is 0 Å². The molecule has 102 valence electrons. The minimum atomic E-state index is 0.379. The third kappa shape index (κ3) is 4.57. The quantitative estimate of drug-likeness (QED) is 0.773. The van der Waals surface area contributed by atoms with Crippen molar-refractivity contribution in [3.8, 4) is 0 Å². The van der Waals surface area contributed by atoms with E-state index in [1.54, 1.807) is 0 Å². The zero-order chi connectivity index (χ0) is 12.8. The molecule has 17 heavy (non-hydrogen) atoms. The Labute approximate surface area is 107 Å². The summed E-state index contributed by atoms with van der Waals surface area (Å²) in [7, 11) is 0. The first-order valence-electron chi connectivity index (χ1n) is 7.19. The maximum Gasteiger partial charge on any atom is 0.0674 e. The molecule has 0 aliphatic carbocycles. The lowest BCUT2D eigenvalue weighted by Gasteiger charge is -2.42. The van der Waals surface area contributed by atoms with Crippen molar-refractivity contribution in [3.05, 3.63) is 0 Å². The van der Waals surface area contributed by atoms with E-state index in [-0.39, 0.29) is 0 Å². The average Bonchev–Trinajstić information content (AvgIpc) is 2.35. The van der Waals surface area contributed by atoms with Crippen molar-refractivity contribution >= 4 is 0 Å². The van der Waals surface area contributed by atoms with Crippen LogP contribution < -0.4 is 5.32 Å². The van der Waals surface area contributed by atoms with Gasteiger partial charge in [0.1, 0.15) is 0 Å². The number of ether oxygens (including phenoxy) is 1. The van der Waals surface area contributed by atoms with Gasteiger partial charge in [0.2, 0.25) is 0 Å². The molecule has 1 saturated heterocycles. The van der Waals surface area contributed by atoms with Crippen LogP contribution >= 0.6 is 0 Å². The van der Waals surface area contributed by atoms with Crippen molar-refractivity contribution in [3.63, 3.8) is 0 Å². The third-order valence-electron chi connectivity index (χ3n) is 3.92. The normalized spacial score (nSPS) is 30.2. The van der Waals surface area contributed by atoms with Gasteiger partial charge in [0.05, 0.1) is 12.7 Å². The van der Waals surface area contributed by atoms with Crippen LogP contribution in [0.15, 0.2) is 0 Å². The lowest BCUT2D eigenvalue weighted by atomic mass is 10.1. The lowest BCUT2D eigenvalue weighted by Crippen LogP contribution is -2.55. The fourth-order valence-corrected chi connectivity index (χ4v) is 2.40. The van der Waals surface area contributed by atoms with Gasteiger partial charge in [0, 0.05) is 31.2 Å². The summed E-state index contributed by atoms with van der Waals surface area (Å²) in [6.45, 7) is 14.3. The van der Waals surface area contributed by atoms with Crippen LogP contribution in [0.5, 0.6) is 0 Å². The van der Waals surface area contributed by atoms with E-state index < -0.39 is 0 Å². The molecule has 0 aromatic rings. The first-order valence-corrected chi connectivity index (χ1v) is 7.19. The average molecular weight is 242 g/mol. The highest BCUT2D eigenvalue weighted by atomic mass is 16.5. The zero-order valence-electron chi connectivity index (χ0n) is 12.2. The Bertz CT molecular complexity index is 210. The van der Waals surface area contributed by atoms with Crippen LogP contribution in [0.1, 0.15) is 47.5 Å². The third-order valence-corrected chi connectivity index (χ3v) is 3.92. The van der Waals surface area contributed by atoms with E-state index in [2.05, 4.69) is 44.8 Å². The molecule has 1 heterocycles. The minimum Gasteiger partial charge on any atom is -0.376 e. The smallest absolute Gasteiger partial charge is 0.0674 e. The Morgan fingerprint density at radius 3 is 2.65 bits per heavy atom. The molecule has 3 heteroatoms. The molecular formula is C14H30N2O. The van der Waals surface area contributed by atoms with Gasteiger partial charge in [-0.2, -0.15) is 0 Å². The highest BCUT2D eigenvalue weighted by molar-refractivity contribution is 4.83. The first-order chi connectivity index (χ1) is 8.08. The number of hydrogen-bond acceptors (Lipinski definition) is 3. The van der Waals surface area contributed by atoms with Crippen LogP contribution in [0.2, 0.25) is 0 Å². The van der Waals surface area contributed by atoms with E-state index in [0.717, 1.165) is 19.7 Å². The fraction of sp³-hybridized carbons (Fsp3) is 1.00. The molecule has 3 nitrogen and oxygen atoms in total. The van der Waals surface area contributed by atoms with Crippen LogP contribution in [0.25, 0.3) is 0 Å². The molecule has 1 rings (SSSR count). The number of hydrogen-bond donors (Lipinski definition) is 1. The summed E-state index contributed by atoms with van der Waals surface area (Å²) in [4.78, 5) is 2.61. The van der Waals surface area contributed by atoms with E-state index in [4.69, 9.17) is 4.74 Å². The molecule has 1 aliphatic rings. The molecular weight excluding hydrogens is 212 g/mol. The molecule has 4 unspecified atom stereocenters. The van der Waals surface area contributed by atoms with Crippen LogP contribution in [-0.4, -0.2) is 48.8 Å². The van der Waals surface area contributed by atoms with Crippen molar-refractivity contribution < 1.29 is 4.74 Å². The molecule has 1 N–H and O–H groups in total.